The van der Waals surface area contributed by atoms with Gasteiger partial charge in [-0.25, -0.2) is 9.79 Å². The molecule has 2 heterocycles. The summed E-state index contributed by atoms with van der Waals surface area (Å²) in [6, 6.07) is 13.6. The number of hydrogen-bond donors (Lipinski definition) is 0. The van der Waals surface area contributed by atoms with Crippen LogP contribution in [0.1, 0.15) is 10.4 Å². The Morgan fingerprint density at radius 2 is 1.88 bits per heavy atom. The third-order valence-electron chi connectivity index (χ3n) is 3.78. The Morgan fingerprint density at radius 1 is 1.15 bits per heavy atom. The Morgan fingerprint density at radius 3 is 2.65 bits per heavy atom. The van der Waals surface area contributed by atoms with Crippen molar-refractivity contribution >= 4 is 56.7 Å². The minimum absolute atomic E-state index is 0.0113. The van der Waals surface area contributed by atoms with E-state index < -0.39 is 10.9 Å². The van der Waals surface area contributed by atoms with E-state index in [0.29, 0.717) is 9.90 Å². The molecule has 0 spiro atoms. The van der Waals surface area contributed by atoms with Crippen LogP contribution in [0.25, 0.3) is 16.2 Å². The van der Waals surface area contributed by atoms with Crippen molar-refractivity contribution < 1.29 is 14.5 Å². The van der Waals surface area contributed by atoms with E-state index in [1.165, 1.54) is 23.5 Å². The molecule has 0 aliphatic carbocycles. The number of nitro benzene ring substituents is 1. The Labute approximate surface area is 156 Å². The van der Waals surface area contributed by atoms with Crippen LogP contribution in [-0.2, 0) is 9.53 Å². The fourth-order valence-electron chi connectivity index (χ4n) is 2.58. The van der Waals surface area contributed by atoms with Gasteiger partial charge in [-0.3, -0.25) is 10.1 Å². The van der Waals surface area contributed by atoms with Gasteiger partial charge in [-0.05, 0) is 18.2 Å². The normalized spacial score (nSPS) is 15.3. The molecule has 0 saturated carbocycles. The zero-order valence-corrected chi connectivity index (χ0v) is 14.6. The Balaban J connectivity index is 1.78. The molecule has 0 bridgehead atoms. The predicted octanol–water partition coefficient (Wildman–Crippen LogP) is 4.81. The summed E-state index contributed by atoms with van der Waals surface area (Å²) in [7, 11) is 0. The number of cyclic esters (lactones) is 1. The number of para-hydroxylation sites is 1. The van der Waals surface area contributed by atoms with Gasteiger partial charge in [-0.1, -0.05) is 41.9 Å². The molecule has 6 nitrogen and oxygen atoms in total. The van der Waals surface area contributed by atoms with E-state index in [1.54, 1.807) is 18.2 Å². The number of thiophene rings is 1. The van der Waals surface area contributed by atoms with Gasteiger partial charge < -0.3 is 4.74 Å². The molecule has 4 rings (SSSR count). The van der Waals surface area contributed by atoms with Gasteiger partial charge in [0.05, 0.1) is 15.5 Å². The zero-order chi connectivity index (χ0) is 18.3. The zero-order valence-electron chi connectivity index (χ0n) is 13.0. The van der Waals surface area contributed by atoms with Crippen LogP contribution in [0.15, 0.2) is 59.2 Å². The number of hydrogen-bond acceptors (Lipinski definition) is 6. The van der Waals surface area contributed by atoms with Crippen molar-refractivity contribution in [2.45, 2.75) is 0 Å². The lowest BCUT2D eigenvalue weighted by Gasteiger charge is -1.96. The summed E-state index contributed by atoms with van der Waals surface area (Å²) in [5.41, 5.74) is 0.149. The first kappa shape index (κ1) is 16.4. The van der Waals surface area contributed by atoms with E-state index in [4.69, 9.17) is 16.3 Å². The summed E-state index contributed by atoms with van der Waals surface area (Å²) in [6.07, 6.45) is 1.34. The third-order valence-corrected chi connectivity index (χ3v) is 5.44. The van der Waals surface area contributed by atoms with Crippen molar-refractivity contribution in [1.82, 2.24) is 0 Å². The maximum Gasteiger partial charge on any atom is 0.363 e. The van der Waals surface area contributed by atoms with Crippen LogP contribution in [0.3, 0.4) is 0 Å². The maximum absolute atomic E-state index is 12.2. The topological polar surface area (TPSA) is 81.8 Å². The second kappa shape index (κ2) is 6.36. The van der Waals surface area contributed by atoms with Crippen molar-refractivity contribution in [1.29, 1.82) is 0 Å². The summed E-state index contributed by atoms with van der Waals surface area (Å²) in [4.78, 5) is 27.5. The molecule has 1 aromatic heterocycles. The van der Waals surface area contributed by atoms with Crippen molar-refractivity contribution in [2.75, 3.05) is 0 Å². The number of ether oxygens (including phenoxy) is 1. The second-order valence-electron chi connectivity index (χ2n) is 5.39. The smallest absolute Gasteiger partial charge is 0.363 e. The van der Waals surface area contributed by atoms with Crippen molar-refractivity contribution in [3.8, 4) is 0 Å². The van der Waals surface area contributed by atoms with Gasteiger partial charge in [-0.15, -0.1) is 11.3 Å². The van der Waals surface area contributed by atoms with Gasteiger partial charge in [0.25, 0.3) is 5.69 Å². The van der Waals surface area contributed by atoms with Gasteiger partial charge in [0.15, 0.2) is 5.70 Å². The molecule has 0 N–H and O–H groups in total. The SMILES string of the molecule is O=C1OC(c2sc3ccccc3c2Cl)=N/C1=C/c1ccccc1[N+](=O)[O-]. The summed E-state index contributed by atoms with van der Waals surface area (Å²) in [5.74, 6) is -0.572. The molecular formula is C18H9ClN2O4S. The highest BCUT2D eigenvalue weighted by molar-refractivity contribution is 7.21. The lowest BCUT2D eigenvalue weighted by Crippen LogP contribution is -2.04. The van der Waals surface area contributed by atoms with Crippen LogP contribution in [0.2, 0.25) is 5.02 Å². The number of halogens is 1. The molecule has 0 saturated heterocycles. The first-order valence-electron chi connectivity index (χ1n) is 7.48. The van der Waals surface area contributed by atoms with E-state index in [9.17, 15) is 14.9 Å². The molecular weight excluding hydrogens is 376 g/mol. The highest BCUT2D eigenvalue weighted by Gasteiger charge is 2.28. The first-order chi connectivity index (χ1) is 12.5. The summed E-state index contributed by atoms with van der Waals surface area (Å²) in [6.45, 7) is 0. The molecule has 0 unspecified atom stereocenters. The van der Waals surface area contributed by atoms with Crippen LogP contribution < -0.4 is 0 Å². The Hall–Kier alpha value is -3.03. The van der Waals surface area contributed by atoms with Gasteiger partial charge >= 0.3 is 5.97 Å². The average molecular weight is 385 g/mol. The number of esters is 1. The predicted molar refractivity (Wildman–Crippen MR) is 101 cm³/mol. The molecule has 1 aliphatic rings. The fourth-order valence-corrected chi connectivity index (χ4v) is 4.02. The lowest BCUT2D eigenvalue weighted by molar-refractivity contribution is -0.385. The van der Waals surface area contributed by atoms with Crippen molar-refractivity contribution in [2.24, 2.45) is 4.99 Å². The number of fused-ring (bicyclic) bond motifs is 1. The molecule has 128 valence electrons. The number of benzene rings is 2. The summed E-state index contributed by atoms with van der Waals surface area (Å²) < 4.78 is 6.19. The third kappa shape index (κ3) is 2.77. The number of rotatable bonds is 3. The fraction of sp³-hybridized carbons (Fsp3) is 0. The molecule has 3 aromatic rings. The van der Waals surface area contributed by atoms with Crippen molar-refractivity contribution in [3.63, 3.8) is 0 Å². The average Bonchev–Trinajstić information content (AvgIpc) is 3.16. The largest absolute Gasteiger partial charge is 0.401 e. The quantitative estimate of drug-likeness (QED) is 0.281. The summed E-state index contributed by atoms with van der Waals surface area (Å²) in [5, 5.41) is 12.4. The number of carbonyl (C=O) groups is 1. The van der Waals surface area contributed by atoms with Crippen LogP contribution in [0, 0.1) is 10.1 Å². The molecule has 0 fully saturated rings. The molecule has 0 radical (unpaired) electrons. The first-order valence-corrected chi connectivity index (χ1v) is 8.67. The number of aliphatic imine (C=N–C) groups is 1. The van der Waals surface area contributed by atoms with Crippen LogP contribution in [0.5, 0.6) is 0 Å². The minimum atomic E-state index is -0.674. The van der Waals surface area contributed by atoms with Crippen molar-refractivity contribution in [3.05, 3.63) is 79.8 Å². The highest BCUT2D eigenvalue weighted by atomic mass is 35.5. The Bertz CT molecular complexity index is 1130. The minimum Gasteiger partial charge on any atom is -0.401 e. The summed E-state index contributed by atoms with van der Waals surface area (Å²) >= 11 is 7.75. The molecule has 0 amide bonds. The number of nitro groups is 1. The van der Waals surface area contributed by atoms with E-state index in [2.05, 4.69) is 4.99 Å². The standard InChI is InChI=1S/C18H9ClN2O4S/c19-15-11-6-2-4-8-14(11)26-16(15)17-20-12(18(22)25-17)9-10-5-1-3-7-13(10)21(23)24/h1-9H/b12-9+. The van der Waals surface area contributed by atoms with E-state index in [1.807, 2.05) is 24.3 Å². The molecule has 26 heavy (non-hydrogen) atoms. The number of carbonyl (C=O) groups excluding carboxylic acids is 1. The van der Waals surface area contributed by atoms with E-state index >= 15 is 0 Å². The van der Waals surface area contributed by atoms with Gasteiger partial charge in [0.1, 0.15) is 4.88 Å². The molecule has 8 heteroatoms. The molecule has 0 atom stereocenters. The second-order valence-corrected chi connectivity index (χ2v) is 6.82. The number of nitrogens with zero attached hydrogens (tertiary/aromatic N) is 2. The van der Waals surface area contributed by atoms with Gasteiger partial charge in [-0.2, -0.15) is 0 Å². The van der Waals surface area contributed by atoms with Crippen LogP contribution in [0.4, 0.5) is 5.69 Å². The monoisotopic (exact) mass is 384 g/mol. The molecule has 2 aromatic carbocycles. The van der Waals surface area contributed by atoms with E-state index in [0.717, 1.165) is 10.1 Å². The Kier molecular flexibility index (Phi) is 4.02. The van der Waals surface area contributed by atoms with Crippen LogP contribution >= 0.6 is 22.9 Å². The highest BCUT2D eigenvalue weighted by Crippen LogP contribution is 2.37. The van der Waals surface area contributed by atoms with Gasteiger partial charge in [0.2, 0.25) is 5.90 Å². The molecule has 1 aliphatic heterocycles. The van der Waals surface area contributed by atoms with Crippen LogP contribution in [-0.4, -0.2) is 16.8 Å². The lowest BCUT2D eigenvalue weighted by atomic mass is 10.1. The maximum atomic E-state index is 12.2. The van der Waals surface area contributed by atoms with E-state index in [-0.39, 0.29) is 22.8 Å². The van der Waals surface area contributed by atoms with Gasteiger partial charge in [0, 0.05) is 16.2 Å².